The zero-order chi connectivity index (χ0) is 30.5. The Bertz CT molecular complexity index is 1440. The van der Waals surface area contributed by atoms with Gasteiger partial charge in [0.25, 0.3) is 0 Å². The third kappa shape index (κ3) is 9.40. The molecule has 0 aromatic heterocycles. The zero-order valence-corrected chi connectivity index (χ0v) is 27.5. The molecule has 8 nitrogen and oxygen atoms in total. The van der Waals surface area contributed by atoms with Crippen molar-refractivity contribution in [3.05, 3.63) is 58.1 Å². The number of amides is 1. The summed E-state index contributed by atoms with van der Waals surface area (Å²) >= 11 is 12.4. The lowest BCUT2D eigenvalue weighted by Crippen LogP contribution is -2.40. The summed E-state index contributed by atoms with van der Waals surface area (Å²) in [4.78, 5) is 18.1. The number of hydrogen-bond donors (Lipinski definition) is 0. The molecular formula is C30H41Cl2N3O5S2. The molecule has 0 radical (unpaired) electrons. The molecule has 0 spiro atoms. The van der Waals surface area contributed by atoms with Crippen LogP contribution >= 0.6 is 23.2 Å². The molecule has 0 bridgehead atoms. The molecule has 232 valence electrons. The highest BCUT2D eigenvalue weighted by Gasteiger charge is 2.28. The lowest BCUT2D eigenvalue weighted by atomic mass is 9.90. The summed E-state index contributed by atoms with van der Waals surface area (Å²) < 4.78 is 48.6. The molecule has 2 heterocycles. The maximum absolute atomic E-state index is 13.5. The Labute approximate surface area is 260 Å². The van der Waals surface area contributed by atoms with Crippen LogP contribution in [-0.2, 0) is 31.1 Å². The van der Waals surface area contributed by atoms with Crippen LogP contribution in [0.2, 0.25) is 10.0 Å². The van der Waals surface area contributed by atoms with Crippen LogP contribution in [0.25, 0.3) is 0 Å². The van der Waals surface area contributed by atoms with E-state index in [-0.39, 0.29) is 11.8 Å². The first kappa shape index (κ1) is 33.2. The van der Waals surface area contributed by atoms with Gasteiger partial charge in [0.2, 0.25) is 15.9 Å². The molecule has 2 aromatic carbocycles. The molecule has 0 saturated carbocycles. The van der Waals surface area contributed by atoms with Gasteiger partial charge >= 0.3 is 0 Å². The second kappa shape index (κ2) is 14.4. The van der Waals surface area contributed by atoms with Crippen molar-refractivity contribution in [2.45, 2.75) is 49.8 Å². The number of halogens is 2. The number of carbonyl (C=O) groups is 1. The molecule has 2 saturated heterocycles. The summed E-state index contributed by atoms with van der Waals surface area (Å²) in [6.07, 6.45) is 8.09. The summed E-state index contributed by atoms with van der Waals surface area (Å²) in [5.41, 5.74) is 1.89. The van der Waals surface area contributed by atoms with Gasteiger partial charge in [-0.1, -0.05) is 35.3 Å². The zero-order valence-electron chi connectivity index (χ0n) is 24.3. The molecule has 2 aliphatic heterocycles. The van der Waals surface area contributed by atoms with E-state index in [1.807, 2.05) is 18.2 Å². The van der Waals surface area contributed by atoms with E-state index < -0.39 is 19.9 Å². The van der Waals surface area contributed by atoms with E-state index in [4.69, 9.17) is 23.2 Å². The van der Waals surface area contributed by atoms with E-state index in [9.17, 15) is 21.6 Å². The number of carbonyl (C=O) groups excluding carboxylic acids is 1. The van der Waals surface area contributed by atoms with Crippen LogP contribution in [0.3, 0.4) is 0 Å². The molecule has 0 unspecified atom stereocenters. The Morgan fingerprint density at radius 1 is 0.857 bits per heavy atom. The summed E-state index contributed by atoms with van der Waals surface area (Å²) in [7, 11) is -6.39. The van der Waals surface area contributed by atoms with Gasteiger partial charge in [0.05, 0.1) is 21.2 Å². The molecule has 2 aliphatic rings. The molecular weight excluding hydrogens is 617 g/mol. The average Bonchev–Trinajstić information content (AvgIpc) is 2.93. The van der Waals surface area contributed by atoms with Gasteiger partial charge in [-0.3, -0.25) is 4.79 Å². The van der Waals surface area contributed by atoms with Gasteiger partial charge in [-0.25, -0.2) is 21.1 Å². The van der Waals surface area contributed by atoms with Crippen LogP contribution in [0.15, 0.2) is 47.4 Å². The Kier molecular flexibility index (Phi) is 11.4. The van der Waals surface area contributed by atoms with Crippen LogP contribution < -0.4 is 4.90 Å². The van der Waals surface area contributed by atoms with Gasteiger partial charge < -0.3 is 9.80 Å². The molecule has 0 N–H and O–H groups in total. The van der Waals surface area contributed by atoms with Crippen molar-refractivity contribution in [1.29, 1.82) is 0 Å². The summed E-state index contributed by atoms with van der Waals surface area (Å²) in [6.45, 7) is 4.33. The summed E-state index contributed by atoms with van der Waals surface area (Å²) in [5.74, 6) is 0.725. The van der Waals surface area contributed by atoms with Gasteiger partial charge in [-0.2, -0.15) is 0 Å². The smallest absolute Gasteiger partial charge is 0.227 e. The fourth-order valence-corrected chi connectivity index (χ4v) is 7.72. The quantitative estimate of drug-likeness (QED) is 0.332. The van der Waals surface area contributed by atoms with Gasteiger partial charge in [0.1, 0.15) is 0 Å². The van der Waals surface area contributed by atoms with Crippen LogP contribution in [0, 0.1) is 11.8 Å². The second-order valence-electron chi connectivity index (χ2n) is 11.7. The summed E-state index contributed by atoms with van der Waals surface area (Å²) in [6, 6.07) is 12.5. The fourth-order valence-electron chi connectivity index (χ4n) is 5.93. The first-order valence-electron chi connectivity index (χ1n) is 14.5. The topological polar surface area (TPSA) is 95.1 Å². The Hall–Kier alpha value is -1.69. The van der Waals surface area contributed by atoms with E-state index in [0.29, 0.717) is 59.8 Å². The number of hydrogen-bond acceptors (Lipinski definition) is 6. The van der Waals surface area contributed by atoms with Gasteiger partial charge in [0.15, 0.2) is 9.84 Å². The third-order valence-electron chi connectivity index (χ3n) is 8.46. The number of sulfone groups is 1. The van der Waals surface area contributed by atoms with Crippen molar-refractivity contribution in [2.24, 2.45) is 11.8 Å². The Morgan fingerprint density at radius 3 is 2.05 bits per heavy atom. The predicted octanol–water partition coefficient (Wildman–Crippen LogP) is 5.14. The fraction of sp³-hybridized carbons (Fsp3) is 0.567. The first-order valence-corrected chi connectivity index (χ1v) is 19.0. The van der Waals surface area contributed by atoms with Crippen LogP contribution in [0.4, 0.5) is 5.69 Å². The number of sulfonamides is 1. The van der Waals surface area contributed by atoms with Crippen molar-refractivity contribution in [1.82, 2.24) is 9.21 Å². The number of nitrogens with zero attached hydrogens (tertiary/aromatic N) is 3. The Balaban J connectivity index is 1.28. The molecule has 4 rings (SSSR count). The number of piperidine rings is 2. The lowest BCUT2D eigenvalue weighted by Gasteiger charge is -2.33. The van der Waals surface area contributed by atoms with Crippen molar-refractivity contribution in [3.63, 3.8) is 0 Å². The lowest BCUT2D eigenvalue weighted by molar-refractivity contribution is -0.119. The number of benzene rings is 2. The minimum Gasteiger partial charge on any atom is -0.312 e. The van der Waals surface area contributed by atoms with Crippen molar-refractivity contribution < 1.29 is 21.6 Å². The van der Waals surface area contributed by atoms with E-state index in [1.54, 1.807) is 29.2 Å². The largest absolute Gasteiger partial charge is 0.312 e. The van der Waals surface area contributed by atoms with E-state index in [2.05, 4.69) is 4.90 Å². The van der Waals surface area contributed by atoms with Gasteiger partial charge in [-0.05, 0) is 106 Å². The molecule has 0 aliphatic carbocycles. The molecule has 42 heavy (non-hydrogen) atoms. The van der Waals surface area contributed by atoms with Crippen molar-refractivity contribution >= 4 is 54.7 Å². The third-order valence-corrected chi connectivity index (χ3v) is 11.6. The first-order chi connectivity index (χ1) is 19.8. The maximum Gasteiger partial charge on any atom is 0.227 e. The van der Waals surface area contributed by atoms with Crippen molar-refractivity contribution in [2.75, 3.05) is 56.7 Å². The molecule has 2 fully saturated rings. The Morgan fingerprint density at radius 2 is 1.48 bits per heavy atom. The van der Waals surface area contributed by atoms with E-state index in [0.717, 1.165) is 51.0 Å². The van der Waals surface area contributed by atoms with Gasteiger partial charge in [0, 0.05) is 38.0 Å². The van der Waals surface area contributed by atoms with Crippen molar-refractivity contribution in [3.8, 4) is 0 Å². The standard InChI is InChI=1S/C30H41Cl2N3O5S2/c1-41(37,38)27-7-4-23(5-8-27)20-24-10-16-33(17-11-24)14-3-15-35(26-6-9-28(31)29(32)22-26)30(36)21-25-12-18-34(19-13-25)42(2,39)40/h4-9,22,24-25H,3,10-21H2,1-2H3. The summed E-state index contributed by atoms with van der Waals surface area (Å²) in [5, 5.41) is 0.844. The molecule has 12 heteroatoms. The minimum absolute atomic E-state index is 0.0202. The van der Waals surface area contributed by atoms with Gasteiger partial charge in [-0.15, -0.1) is 0 Å². The highest BCUT2D eigenvalue weighted by molar-refractivity contribution is 7.90. The normalized spacial score (nSPS) is 18.3. The van der Waals surface area contributed by atoms with Crippen LogP contribution in [0.5, 0.6) is 0 Å². The van der Waals surface area contributed by atoms with E-state index in [1.165, 1.54) is 22.4 Å². The molecule has 2 aromatic rings. The SMILES string of the molecule is CS(=O)(=O)c1ccc(CC2CCN(CCCN(C(=O)CC3CCN(S(C)(=O)=O)CC3)c3ccc(Cl)c(Cl)c3)CC2)cc1. The molecule has 1 amide bonds. The van der Waals surface area contributed by atoms with Crippen LogP contribution in [0.1, 0.15) is 44.1 Å². The monoisotopic (exact) mass is 657 g/mol. The number of likely N-dealkylation sites (tertiary alicyclic amines) is 1. The number of rotatable bonds is 11. The number of anilines is 1. The second-order valence-corrected chi connectivity index (χ2v) is 16.5. The maximum atomic E-state index is 13.5. The average molecular weight is 659 g/mol. The molecule has 0 atom stereocenters. The van der Waals surface area contributed by atoms with E-state index >= 15 is 0 Å². The highest BCUT2D eigenvalue weighted by atomic mass is 35.5. The van der Waals surface area contributed by atoms with Crippen LogP contribution in [-0.4, -0.2) is 83.7 Å². The highest BCUT2D eigenvalue weighted by Crippen LogP contribution is 2.30. The predicted molar refractivity (Wildman–Crippen MR) is 170 cm³/mol. The minimum atomic E-state index is -3.21.